The van der Waals surface area contributed by atoms with E-state index in [0.717, 1.165) is 5.82 Å². The van der Waals surface area contributed by atoms with Gasteiger partial charge in [-0.25, -0.2) is 0 Å². The Balaban J connectivity index is 2.04. The van der Waals surface area contributed by atoms with Crippen LogP contribution in [0.4, 0.5) is 0 Å². The average molecular weight is 177 g/mol. The van der Waals surface area contributed by atoms with Crippen LogP contribution in [0.5, 0.6) is 0 Å². The van der Waals surface area contributed by atoms with Gasteiger partial charge in [-0.1, -0.05) is 75.8 Å². The van der Waals surface area contributed by atoms with Gasteiger partial charge in [0.1, 0.15) is 7.28 Å². The molecular formula is C12H22B. The minimum absolute atomic E-state index is 0.613. The molecule has 0 aromatic carbocycles. The van der Waals surface area contributed by atoms with Gasteiger partial charge in [0.25, 0.3) is 0 Å². The topological polar surface area (TPSA) is 0 Å². The predicted octanol–water partition coefficient (Wildman–Crippen LogP) is 4.20. The van der Waals surface area contributed by atoms with E-state index in [1.165, 1.54) is 57.8 Å². The first-order valence-electron chi connectivity index (χ1n) is 6.15. The second-order valence-electron chi connectivity index (χ2n) is 5.43. The van der Waals surface area contributed by atoms with E-state index in [1.807, 2.05) is 0 Å². The van der Waals surface area contributed by atoms with Crippen LogP contribution < -0.4 is 0 Å². The smallest absolute Gasteiger partial charge is 0.0682 e. The van der Waals surface area contributed by atoms with Gasteiger partial charge in [-0.05, 0) is 0 Å². The normalized spacial score (nSPS) is 41.2. The largest absolute Gasteiger partial charge is 0.121 e. The van der Waals surface area contributed by atoms with Gasteiger partial charge in [0, 0.05) is 0 Å². The molecule has 0 saturated carbocycles. The zero-order valence-corrected chi connectivity index (χ0v) is 9.02. The third kappa shape index (κ3) is 2.51. The molecule has 2 aliphatic heterocycles. The highest BCUT2D eigenvalue weighted by molar-refractivity contribution is 6.42. The fourth-order valence-electron chi connectivity index (χ4n) is 3.22. The second kappa shape index (κ2) is 4.06. The molecule has 2 fully saturated rings. The predicted molar refractivity (Wildman–Crippen MR) is 59.4 cm³/mol. The molecular weight excluding hydrogens is 155 g/mol. The van der Waals surface area contributed by atoms with Crippen molar-refractivity contribution in [2.75, 3.05) is 0 Å². The first-order valence-corrected chi connectivity index (χ1v) is 6.15. The van der Waals surface area contributed by atoms with E-state index in [0.29, 0.717) is 5.31 Å². The van der Waals surface area contributed by atoms with Crippen LogP contribution in [0.3, 0.4) is 0 Å². The van der Waals surface area contributed by atoms with Crippen LogP contribution >= 0.6 is 0 Å². The highest BCUT2D eigenvalue weighted by Gasteiger charge is 2.31. The summed E-state index contributed by atoms with van der Waals surface area (Å²) in [5, 5.41) is 0.613. The first kappa shape index (κ1) is 9.61. The summed E-state index contributed by atoms with van der Waals surface area (Å²) in [6, 6.07) is 0. The summed E-state index contributed by atoms with van der Waals surface area (Å²) in [6.45, 7) is 2.50. The highest BCUT2D eigenvalue weighted by Crippen LogP contribution is 2.46. The van der Waals surface area contributed by atoms with Crippen LogP contribution in [0, 0.1) is 0 Å². The Bertz CT molecular complexity index is 167. The number of hydrogen-bond donors (Lipinski definition) is 0. The summed E-state index contributed by atoms with van der Waals surface area (Å²) in [4.78, 5) is 0. The van der Waals surface area contributed by atoms with E-state index < -0.39 is 0 Å². The van der Waals surface area contributed by atoms with Gasteiger partial charge in [-0.2, -0.15) is 0 Å². The van der Waals surface area contributed by atoms with Gasteiger partial charge in [0.2, 0.25) is 0 Å². The SMILES string of the molecule is CC12[B]C(CCCCC1)CCCC2. The zero-order chi connectivity index (χ0) is 9.15. The summed E-state index contributed by atoms with van der Waals surface area (Å²) in [5.41, 5.74) is 0. The maximum absolute atomic E-state index is 2.72. The van der Waals surface area contributed by atoms with Crippen molar-refractivity contribution in [2.45, 2.75) is 75.8 Å². The Morgan fingerprint density at radius 2 is 1.54 bits per heavy atom. The van der Waals surface area contributed by atoms with Crippen LogP contribution in [0.15, 0.2) is 0 Å². The summed E-state index contributed by atoms with van der Waals surface area (Å²) < 4.78 is 0. The molecule has 0 aromatic heterocycles. The molecule has 1 radical (unpaired) electrons. The molecule has 2 heterocycles. The molecule has 0 amide bonds. The molecule has 0 aromatic rings. The molecule has 0 aliphatic carbocycles. The second-order valence-corrected chi connectivity index (χ2v) is 5.43. The van der Waals surface area contributed by atoms with E-state index >= 15 is 0 Å². The van der Waals surface area contributed by atoms with Crippen molar-refractivity contribution in [3.05, 3.63) is 0 Å². The minimum atomic E-state index is 0.613. The van der Waals surface area contributed by atoms with Crippen LogP contribution in [-0.2, 0) is 0 Å². The van der Waals surface area contributed by atoms with Gasteiger partial charge in [0.05, 0.1) is 0 Å². The van der Waals surface area contributed by atoms with Crippen molar-refractivity contribution in [3.63, 3.8) is 0 Å². The fourth-order valence-corrected chi connectivity index (χ4v) is 3.22. The van der Waals surface area contributed by atoms with Gasteiger partial charge in [0.15, 0.2) is 0 Å². The lowest BCUT2D eigenvalue weighted by Crippen LogP contribution is -2.21. The molecule has 2 aliphatic rings. The molecule has 1 heteroatoms. The molecule has 0 spiro atoms. The molecule has 73 valence electrons. The van der Waals surface area contributed by atoms with Gasteiger partial charge in [-0.15, -0.1) is 0 Å². The average Bonchev–Trinajstić information content (AvgIpc) is 2.26. The Morgan fingerprint density at radius 1 is 0.923 bits per heavy atom. The molecule has 2 bridgehead atoms. The Labute approximate surface area is 83.7 Å². The highest BCUT2D eigenvalue weighted by atomic mass is 14.3. The molecule has 2 saturated heterocycles. The van der Waals surface area contributed by atoms with Crippen molar-refractivity contribution in [3.8, 4) is 0 Å². The van der Waals surface area contributed by atoms with E-state index in [1.54, 1.807) is 0 Å². The molecule has 0 nitrogen and oxygen atoms in total. The van der Waals surface area contributed by atoms with Crippen LogP contribution in [0.25, 0.3) is 0 Å². The summed E-state index contributed by atoms with van der Waals surface area (Å²) in [6.07, 6.45) is 13.3. The lowest BCUT2D eigenvalue weighted by molar-refractivity contribution is 0.457. The van der Waals surface area contributed by atoms with Crippen molar-refractivity contribution in [1.82, 2.24) is 0 Å². The molecule has 2 atom stereocenters. The molecule has 2 unspecified atom stereocenters. The number of rotatable bonds is 0. The van der Waals surface area contributed by atoms with Gasteiger partial charge < -0.3 is 0 Å². The van der Waals surface area contributed by atoms with E-state index in [-0.39, 0.29) is 0 Å². The van der Waals surface area contributed by atoms with Crippen LogP contribution in [-0.4, -0.2) is 7.28 Å². The third-order valence-electron chi connectivity index (χ3n) is 4.03. The molecule has 13 heavy (non-hydrogen) atoms. The first-order chi connectivity index (χ1) is 6.29. The van der Waals surface area contributed by atoms with Crippen LogP contribution in [0.2, 0.25) is 11.1 Å². The zero-order valence-electron chi connectivity index (χ0n) is 9.02. The minimum Gasteiger partial charge on any atom is -0.0682 e. The standard InChI is InChI=1S/C12H22B/c1-12-9-5-2-3-7-11(13-12)8-4-6-10-12/h11H,2-10H2,1H3. The van der Waals surface area contributed by atoms with E-state index in [4.69, 9.17) is 0 Å². The lowest BCUT2D eigenvalue weighted by Gasteiger charge is -2.32. The quantitative estimate of drug-likeness (QED) is 0.486. The molecule has 0 N–H and O–H groups in total. The summed E-state index contributed by atoms with van der Waals surface area (Å²) in [5.74, 6) is 0.966. The van der Waals surface area contributed by atoms with Crippen molar-refractivity contribution in [2.24, 2.45) is 0 Å². The maximum atomic E-state index is 2.72. The maximum Gasteiger partial charge on any atom is 0.121 e. The van der Waals surface area contributed by atoms with Gasteiger partial charge >= 0.3 is 0 Å². The lowest BCUT2D eigenvalue weighted by atomic mass is 9.43. The van der Waals surface area contributed by atoms with E-state index in [9.17, 15) is 0 Å². The number of fused-ring (bicyclic) bond motifs is 2. The Kier molecular flexibility index (Phi) is 3.01. The molecule has 2 rings (SSSR count). The van der Waals surface area contributed by atoms with Crippen molar-refractivity contribution in [1.29, 1.82) is 0 Å². The van der Waals surface area contributed by atoms with Crippen LogP contribution in [0.1, 0.15) is 64.7 Å². The number of hydrogen-bond acceptors (Lipinski definition) is 0. The van der Waals surface area contributed by atoms with E-state index in [2.05, 4.69) is 14.2 Å². The van der Waals surface area contributed by atoms with Gasteiger partial charge in [-0.3, -0.25) is 0 Å². The summed E-state index contributed by atoms with van der Waals surface area (Å²) >= 11 is 0. The monoisotopic (exact) mass is 177 g/mol. The van der Waals surface area contributed by atoms with Crippen molar-refractivity contribution < 1.29 is 0 Å². The van der Waals surface area contributed by atoms with Crippen molar-refractivity contribution >= 4 is 7.28 Å². The fraction of sp³-hybridized carbons (Fsp3) is 1.00. The Hall–Kier alpha value is 0.0649. The summed E-state index contributed by atoms with van der Waals surface area (Å²) in [7, 11) is 2.72. The third-order valence-corrected chi connectivity index (χ3v) is 4.03. The Morgan fingerprint density at radius 3 is 2.31 bits per heavy atom.